The molecule has 0 spiro atoms. The molecule has 0 fully saturated rings. The second-order valence-electron chi connectivity index (χ2n) is 6.60. The van der Waals surface area contributed by atoms with Gasteiger partial charge in [0, 0.05) is 17.8 Å². The summed E-state index contributed by atoms with van der Waals surface area (Å²) in [5.74, 6) is 2.36. The zero-order valence-corrected chi connectivity index (χ0v) is 15.6. The topological polar surface area (TPSA) is 107 Å². The van der Waals surface area contributed by atoms with E-state index in [2.05, 4.69) is 40.8 Å². The predicted molar refractivity (Wildman–Crippen MR) is 113 cm³/mol. The maximum Gasteiger partial charge on any atom is 0.231 e. The van der Waals surface area contributed by atoms with Crippen molar-refractivity contribution in [2.75, 3.05) is 10.6 Å². The van der Waals surface area contributed by atoms with E-state index in [9.17, 15) is 0 Å². The molecule has 0 saturated heterocycles. The Morgan fingerprint density at radius 2 is 1.62 bits per heavy atom. The van der Waals surface area contributed by atoms with Crippen molar-refractivity contribution in [1.29, 1.82) is 0 Å². The number of rotatable bonds is 5. The van der Waals surface area contributed by atoms with Crippen LogP contribution < -0.4 is 10.6 Å². The van der Waals surface area contributed by atoms with Crippen LogP contribution in [0.25, 0.3) is 22.3 Å². The fraction of sp³-hybridized carbons (Fsp3) is 0.0476. The highest BCUT2D eigenvalue weighted by molar-refractivity contribution is 5.78. The van der Waals surface area contributed by atoms with Gasteiger partial charge in [-0.25, -0.2) is 9.97 Å². The van der Waals surface area contributed by atoms with Crippen LogP contribution in [0.3, 0.4) is 0 Å². The molecule has 0 aliphatic carbocycles. The zero-order chi connectivity index (χ0) is 19.6. The molecule has 0 amide bonds. The summed E-state index contributed by atoms with van der Waals surface area (Å²) < 4.78 is 0. The molecule has 5 rings (SSSR count). The lowest BCUT2D eigenvalue weighted by Crippen LogP contribution is -2.03. The quantitative estimate of drug-likeness (QED) is 0.355. The molecule has 0 bridgehead atoms. The van der Waals surface area contributed by atoms with Crippen LogP contribution in [0.1, 0.15) is 5.69 Å². The molecule has 3 aromatic heterocycles. The van der Waals surface area contributed by atoms with Crippen molar-refractivity contribution in [2.24, 2.45) is 0 Å². The van der Waals surface area contributed by atoms with E-state index in [-0.39, 0.29) is 0 Å². The van der Waals surface area contributed by atoms with E-state index < -0.39 is 0 Å². The molecule has 0 unspecified atom stereocenters. The number of imidazole rings is 1. The first-order chi connectivity index (χ1) is 14.2. The summed E-state index contributed by atoms with van der Waals surface area (Å²) >= 11 is 0. The third-order valence-corrected chi connectivity index (χ3v) is 4.39. The van der Waals surface area contributed by atoms with Gasteiger partial charge in [0.25, 0.3) is 0 Å². The average Bonchev–Trinajstić information content (AvgIpc) is 3.34. The minimum atomic E-state index is 0.449. The number of fused-ring (bicyclic) bond motifs is 1. The summed E-state index contributed by atoms with van der Waals surface area (Å²) in [5.41, 5.74) is 4.65. The van der Waals surface area contributed by atoms with Crippen molar-refractivity contribution in [3.05, 3.63) is 72.4 Å². The molecule has 2 aromatic carbocycles. The normalized spacial score (nSPS) is 10.9. The highest BCUT2D eigenvalue weighted by atomic mass is 15.2. The monoisotopic (exact) mass is 382 g/mol. The number of benzene rings is 2. The Morgan fingerprint density at radius 1 is 0.793 bits per heavy atom. The van der Waals surface area contributed by atoms with Crippen LogP contribution in [0.4, 0.5) is 23.5 Å². The summed E-state index contributed by atoms with van der Waals surface area (Å²) in [6.07, 6.45) is 0. The van der Waals surface area contributed by atoms with Gasteiger partial charge in [0.05, 0.1) is 16.7 Å². The Bertz CT molecular complexity index is 1240. The molecule has 8 heteroatoms. The zero-order valence-electron chi connectivity index (χ0n) is 15.6. The molecule has 4 N–H and O–H groups in total. The minimum Gasteiger partial charge on any atom is -0.324 e. The molecule has 8 nitrogen and oxygen atoms in total. The van der Waals surface area contributed by atoms with Crippen molar-refractivity contribution < 1.29 is 0 Å². The van der Waals surface area contributed by atoms with Crippen LogP contribution in [0.2, 0.25) is 0 Å². The molecule has 0 atom stereocenters. The SMILES string of the molecule is Cc1cc(Nc2cc(-c3ccccc3)[nH]n2)nc(Nc2nc3ccccc3[nH]2)n1. The highest BCUT2D eigenvalue weighted by Crippen LogP contribution is 2.22. The van der Waals surface area contributed by atoms with Crippen molar-refractivity contribution in [2.45, 2.75) is 6.92 Å². The van der Waals surface area contributed by atoms with Gasteiger partial charge in [0.2, 0.25) is 11.9 Å². The van der Waals surface area contributed by atoms with E-state index >= 15 is 0 Å². The van der Waals surface area contributed by atoms with Gasteiger partial charge in [-0.2, -0.15) is 10.1 Å². The second-order valence-corrected chi connectivity index (χ2v) is 6.60. The van der Waals surface area contributed by atoms with Gasteiger partial charge in [-0.15, -0.1) is 0 Å². The van der Waals surface area contributed by atoms with Crippen LogP contribution in [-0.2, 0) is 0 Å². The summed E-state index contributed by atoms with van der Waals surface area (Å²) in [4.78, 5) is 16.7. The van der Waals surface area contributed by atoms with Crippen molar-refractivity contribution in [3.63, 3.8) is 0 Å². The maximum absolute atomic E-state index is 4.53. The molecule has 29 heavy (non-hydrogen) atoms. The molecule has 0 radical (unpaired) electrons. The molecule has 0 saturated carbocycles. The molecule has 3 heterocycles. The van der Waals surface area contributed by atoms with E-state index in [0.29, 0.717) is 23.5 Å². The van der Waals surface area contributed by atoms with Crippen LogP contribution in [0, 0.1) is 6.92 Å². The smallest absolute Gasteiger partial charge is 0.231 e. The molecular formula is C21H18N8. The van der Waals surface area contributed by atoms with Crippen molar-refractivity contribution >= 4 is 34.6 Å². The van der Waals surface area contributed by atoms with Crippen LogP contribution in [0.5, 0.6) is 0 Å². The summed E-state index contributed by atoms with van der Waals surface area (Å²) in [6, 6.07) is 21.7. The first kappa shape index (κ1) is 16.9. The fourth-order valence-corrected chi connectivity index (χ4v) is 3.09. The van der Waals surface area contributed by atoms with E-state index in [1.807, 2.05) is 73.7 Å². The van der Waals surface area contributed by atoms with Crippen LogP contribution in [-0.4, -0.2) is 30.1 Å². The van der Waals surface area contributed by atoms with Gasteiger partial charge >= 0.3 is 0 Å². The van der Waals surface area contributed by atoms with Crippen LogP contribution >= 0.6 is 0 Å². The number of anilines is 4. The number of hydrogen-bond acceptors (Lipinski definition) is 6. The van der Waals surface area contributed by atoms with E-state index in [4.69, 9.17) is 0 Å². The van der Waals surface area contributed by atoms with Gasteiger partial charge in [0.1, 0.15) is 5.82 Å². The fourth-order valence-electron chi connectivity index (χ4n) is 3.09. The second kappa shape index (κ2) is 7.08. The number of para-hydroxylation sites is 2. The lowest BCUT2D eigenvalue weighted by molar-refractivity contribution is 1.07. The van der Waals surface area contributed by atoms with E-state index in [1.54, 1.807) is 0 Å². The van der Waals surface area contributed by atoms with Crippen LogP contribution in [0.15, 0.2) is 66.7 Å². The predicted octanol–water partition coefficient (Wildman–Crippen LogP) is 4.54. The van der Waals surface area contributed by atoms with Gasteiger partial charge in [-0.3, -0.25) is 10.4 Å². The largest absolute Gasteiger partial charge is 0.324 e. The minimum absolute atomic E-state index is 0.449. The van der Waals surface area contributed by atoms with Crippen molar-refractivity contribution in [1.82, 2.24) is 30.1 Å². The summed E-state index contributed by atoms with van der Waals surface area (Å²) in [7, 11) is 0. The first-order valence-corrected chi connectivity index (χ1v) is 9.18. The lowest BCUT2D eigenvalue weighted by atomic mass is 10.2. The Hall–Kier alpha value is -4.20. The third kappa shape index (κ3) is 3.63. The van der Waals surface area contributed by atoms with E-state index in [0.717, 1.165) is 28.0 Å². The van der Waals surface area contributed by atoms with E-state index in [1.165, 1.54) is 0 Å². The Balaban J connectivity index is 1.37. The number of aromatic nitrogens is 6. The Labute approximate surface area is 166 Å². The number of aromatic amines is 2. The highest BCUT2D eigenvalue weighted by Gasteiger charge is 2.09. The third-order valence-electron chi connectivity index (χ3n) is 4.39. The van der Waals surface area contributed by atoms with Crippen molar-refractivity contribution in [3.8, 4) is 11.3 Å². The van der Waals surface area contributed by atoms with Gasteiger partial charge in [-0.05, 0) is 24.6 Å². The number of nitrogens with zero attached hydrogens (tertiary/aromatic N) is 4. The molecule has 142 valence electrons. The number of hydrogen-bond donors (Lipinski definition) is 4. The number of aryl methyl sites for hydroxylation is 1. The van der Waals surface area contributed by atoms with Gasteiger partial charge in [0.15, 0.2) is 5.82 Å². The number of nitrogens with one attached hydrogen (secondary N) is 4. The molecular weight excluding hydrogens is 364 g/mol. The molecule has 5 aromatic rings. The summed E-state index contributed by atoms with van der Waals surface area (Å²) in [6.45, 7) is 1.91. The Kier molecular flexibility index (Phi) is 4.14. The molecule has 0 aliphatic heterocycles. The Morgan fingerprint density at radius 3 is 2.48 bits per heavy atom. The maximum atomic E-state index is 4.53. The lowest BCUT2D eigenvalue weighted by Gasteiger charge is -2.07. The average molecular weight is 382 g/mol. The molecule has 0 aliphatic rings. The first-order valence-electron chi connectivity index (χ1n) is 9.18. The van der Waals surface area contributed by atoms with Gasteiger partial charge < -0.3 is 10.3 Å². The standard InChI is InChI=1S/C21H18N8/c1-13-11-18(25-19-12-17(28-29-19)14-7-3-2-4-8-14)26-20(22-13)27-21-23-15-9-5-6-10-16(15)24-21/h2-12H,1H3,(H4,22,23,24,25,26,27,28,29). The summed E-state index contributed by atoms with van der Waals surface area (Å²) in [5, 5.41) is 13.7. The number of H-pyrrole nitrogens is 2. The van der Waals surface area contributed by atoms with Gasteiger partial charge in [-0.1, -0.05) is 42.5 Å².